The lowest BCUT2D eigenvalue weighted by Gasteiger charge is -2.23. The van der Waals surface area contributed by atoms with Crippen molar-refractivity contribution in [1.82, 2.24) is 15.0 Å². The van der Waals surface area contributed by atoms with E-state index >= 15 is 0 Å². The first kappa shape index (κ1) is 36.6. The zero-order valence-electron chi connectivity index (χ0n) is 27.2. The monoisotopic (exact) mass is 785 g/mol. The summed E-state index contributed by atoms with van der Waals surface area (Å²) in [7, 11) is -14.2. The summed E-state index contributed by atoms with van der Waals surface area (Å²) in [6, 6.07) is 16.9. The van der Waals surface area contributed by atoms with E-state index in [2.05, 4.69) is 30.9 Å². The smallest absolute Gasteiger partial charge is 0.296 e. The highest BCUT2D eigenvalue weighted by Crippen LogP contribution is 2.43. The zero-order chi connectivity index (χ0) is 37.9. The number of aromatic nitrogens is 3. The molecular weight excluding hydrogens is 758 g/mol. The van der Waals surface area contributed by atoms with E-state index in [1.165, 1.54) is 32.0 Å². The molecule has 0 spiro atoms. The standard InChI is InChI=1S/C32H28ClN7O9S3/c1-15-27(36-24-14-25(51(44,45)46)26(34)23-12-19-8-5-4-7-18(19)11-22(23)24)16(2)29(52(47,48)49)17(3)28(15)37-32-39-30(33)38-31(40-32)35-20-9-6-10-21(13-20)50(41,42)43/h4-14,36H,34H2,1-3H3,(H,41,42,43)(H,44,45,46)(H,47,48,49)(H2,35,37,38,39,40). The largest absolute Gasteiger partial charge is 0.397 e. The van der Waals surface area contributed by atoms with Gasteiger partial charge in [0.1, 0.15) is 9.79 Å². The number of nitrogen functional groups attached to an aromatic ring is 1. The van der Waals surface area contributed by atoms with E-state index < -0.39 is 45.0 Å². The van der Waals surface area contributed by atoms with Gasteiger partial charge in [0.15, 0.2) is 0 Å². The first-order chi connectivity index (χ1) is 24.2. The van der Waals surface area contributed by atoms with Crippen molar-refractivity contribution >= 4 is 104 Å². The second kappa shape index (κ2) is 13.1. The van der Waals surface area contributed by atoms with Crippen LogP contribution in [0.15, 0.2) is 81.4 Å². The molecule has 5 aromatic carbocycles. The number of nitrogens with zero attached hydrogens (tertiary/aromatic N) is 3. The van der Waals surface area contributed by atoms with E-state index in [0.29, 0.717) is 10.9 Å². The molecule has 270 valence electrons. The molecule has 0 saturated carbocycles. The summed E-state index contributed by atoms with van der Waals surface area (Å²) >= 11 is 6.19. The van der Waals surface area contributed by atoms with Crippen LogP contribution in [0.4, 0.5) is 40.3 Å². The molecule has 0 saturated heterocycles. The first-order valence-corrected chi connectivity index (χ1v) is 19.6. The van der Waals surface area contributed by atoms with Crippen LogP contribution in [-0.4, -0.2) is 53.9 Å². The number of nitrogens with one attached hydrogen (secondary N) is 3. The van der Waals surface area contributed by atoms with Crippen molar-refractivity contribution in [2.75, 3.05) is 21.7 Å². The molecule has 0 aliphatic rings. The average Bonchev–Trinajstić information content (AvgIpc) is 3.03. The fraction of sp³-hybridized carbons (Fsp3) is 0.0938. The van der Waals surface area contributed by atoms with Crippen molar-refractivity contribution in [3.63, 3.8) is 0 Å². The Morgan fingerprint density at radius 1 is 0.635 bits per heavy atom. The minimum Gasteiger partial charge on any atom is -0.397 e. The molecule has 0 bridgehead atoms. The van der Waals surface area contributed by atoms with Crippen LogP contribution >= 0.6 is 11.6 Å². The van der Waals surface area contributed by atoms with Gasteiger partial charge >= 0.3 is 0 Å². The number of anilines is 7. The van der Waals surface area contributed by atoms with Gasteiger partial charge in [-0.1, -0.05) is 30.3 Å². The van der Waals surface area contributed by atoms with Crippen molar-refractivity contribution in [2.24, 2.45) is 0 Å². The number of benzene rings is 5. The van der Waals surface area contributed by atoms with Gasteiger partial charge in [0.05, 0.1) is 16.3 Å². The van der Waals surface area contributed by atoms with Gasteiger partial charge < -0.3 is 21.7 Å². The maximum atomic E-state index is 12.8. The van der Waals surface area contributed by atoms with Crippen molar-refractivity contribution in [1.29, 1.82) is 0 Å². The van der Waals surface area contributed by atoms with Crippen molar-refractivity contribution in [3.05, 3.63) is 88.7 Å². The second-order valence-electron chi connectivity index (χ2n) is 11.6. The molecule has 0 aliphatic heterocycles. The molecule has 6 rings (SSSR count). The fourth-order valence-electron chi connectivity index (χ4n) is 5.95. The molecule has 1 aromatic heterocycles. The molecule has 0 radical (unpaired) electrons. The van der Waals surface area contributed by atoms with Gasteiger partial charge in [-0.25, -0.2) is 0 Å². The number of hydrogen-bond acceptors (Lipinski definition) is 13. The van der Waals surface area contributed by atoms with Crippen LogP contribution in [0.1, 0.15) is 16.7 Å². The Morgan fingerprint density at radius 3 is 1.79 bits per heavy atom. The van der Waals surface area contributed by atoms with Gasteiger partial charge in [-0.2, -0.15) is 40.2 Å². The Bertz CT molecular complexity index is 2820. The lowest BCUT2D eigenvalue weighted by molar-refractivity contribution is 0.480. The van der Waals surface area contributed by atoms with Crippen LogP contribution in [-0.2, 0) is 30.4 Å². The third-order valence-electron chi connectivity index (χ3n) is 8.22. The van der Waals surface area contributed by atoms with Crippen LogP contribution in [0, 0.1) is 20.8 Å². The fourth-order valence-corrected chi connectivity index (χ4v) is 8.27. The predicted molar refractivity (Wildman–Crippen MR) is 197 cm³/mol. The van der Waals surface area contributed by atoms with Gasteiger partial charge in [0.25, 0.3) is 30.4 Å². The summed E-state index contributed by atoms with van der Waals surface area (Å²) < 4.78 is 104. The Kier molecular flexibility index (Phi) is 9.24. The number of halogens is 1. The zero-order valence-corrected chi connectivity index (χ0v) is 30.4. The molecule has 8 N–H and O–H groups in total. The molecule has 6 aromatic rings. The van der Waals surface area contributed by atoms with Crippen LogP contribution in [0.25, 0.3) is 21.5 Å². The van der Waals surface area contributed by atoms with Gasteiger partial charge in [0.2, 0.25) is 17.2 Å². The molecular formula is C32H28ClN7O9S3. The normalized spacial score (nSPS) is 12.3. The molecule has 0 unspecified atom stereocenters. The topological polar surface area (TPSA) is 264 Å². The van der Waals surface area contributed by atoms with E-state index in [9.17, 15) is 38.9 Å². The van der Waals surface area contributed by atoms with E-state index in [-0.39, 0.29) is 62.1 Å². The molecule has 0 fully saturated rings. The summed E-state index contributed by atoms with van der Waals surface area (Å²) in [4.78, 5) is 10.9. The Hall–Kier alpha value is -5.15. The third-order valence-corrected chi connectivity index (χ3v) is 11.3. The molecule has 52 heavy (non-hydrogen) atoms. The quantitative estimate of drug-likeness (QED) is 0.0481. The SMILES string of the molecule is Cc1c(Nc2nc(Cl)nc(Nc3cccc(S(=O)(=O)O)c3)n2)c(C)c(S(=O)(=O)O)c(C)c1Nc1cc(S(=O)(=O)O)c(N)c2cc3ccccc3cc12. The number of hydrogen-bond donors (Lipinski definition) is 7. The summed E-state index contributed by atoms with van der Waals surface area (Å²) in [6.45, 7) is 4.48. The Balaban J connectivity index is 1.51. The molecule has 20 heteroatoms. The maximum absolute atomic E-state index is 12.8. The minimum atomic E-state index is -4.89. The highest BCUT2D eigenvalue weighted by molar-refractivity contribution is 7.86. The number of fused-ring (bicyclic) bond motifs is 2. The summed E-state index contributed by atoms with van der Waals surface area (Å²) in [5, 5.41) is 10.7. The lowest BCUT2D eigenvalue weighted by atomic mass is 9.99. The van der Waals surface area contributed by atoms with E-state index in [1.807, 2.05) is 12.1 Å². The van der Waals surface area contributed by atoms with Crippen LogP contribution in [0.5, 0.6) is 0 Å². The minimum absolute atomic E-state index is 0.0572. The molecule has 1 heterocycles. The average molecular weight is 786 g/mol. The van der Waals surface area contributed by atoms with Crippen molar-refractivity contribution in [3.8, 4) is 0 Å². The van der Waals surface area contributed by atoms with E-state index in [4.69, 9.17) is 17.3 Å². The maximum Gasteiger partial charge on any atom is 0.296 e. The summed E-state index contributed by atoms with van der Waals surface area (Å²) in [6.07, 6.45) is 0. The van der Waals surface area contributed by atoms with Gasteiger partial charge in [0, 0.05) is 27.8 Å². The van der Waals surface area contributed by atoms with Gasteiger partial charge in [-0.15, -0.1) is 0 Å². The Labute approximate surface area is 302 Å². The van der Waals surface area contributed by atoms with Gasteiger partial charge in [-0.05, 0) is 96.2 Å². The highest BCUT2D eigenvalue weighted by Gasteiger charge is 2.27. The van der Waals surface area contributed by atoms with Crippen molar-refractivity contribution < 1.29 is 38.9 Å². The van der Waals surface area contributed by atoms with E-state index in [0.717, 1.165) is 22.9 Å². The number of nitrogens with two attached hydrogens (primary N) is 1. The van der Waals surface area contributed by atoms with Gasteiger partial charge in [-0.3, -0.25) is 13.7 Å². The first-order valence-electron chi connectivity index (χ1n) is 14.9. The summed E-state index contributed by atoms with van der Waals surface area (Å²) in [5.41, 5.74) is 7.07. The predicted octanol–water partition coefficient (Wildman–Crippen LogP) is 6.31. The van der Waals surface area contributed by atoms with Crippen LogP contribution in [0.3, 0.4) is 0 Å². The van der Waals surface area contributed by atoms with Crippen molar-refractivity contribution in [2.45, 2.75) is 35.5 Å². The Morgan fingerprint density at radius 2 is 1.21 bits per heavy atom. The van der Waals surface area contributed by atoms with Crippen LogP contribution in [0.2, 0.25) is 5.28 Å². The lowest BCUT2D eigenvalue weighted by Crippen LogP contribution is -2.13. The molecule has 0 amide bonds. The second-order valence-corrected chi connectivity index (χ2v) is 16.1. The molecule has 16 nitrogen and oxygen atoms in total. The van der Waals surface area contributed by atoms with Crippen LogP contribution < -0.4 is 21.7 Å². The molecule has 0 atom stereocenters. The third kappa shape index (κ3) is 7.15. The molecule has 0 aliphatic carbocycles. The van der Waals surface area contributed by atoms with E-state index in [1.54, 1.807) is 31.2 Å². The highest BCUT2D eigenvalue weighted by atomic mass is 35.5. The number of rotatable bonds is 9. The summed E-state index contributed by atoms with van der Waals surface area (Å²) in [5.74, 6) is -0.363.